The number of halogens is 1. The lowest BCUT2D eigenvalue weighted by Crippen LogP contribution is -2.52. The van der Waals surface area contributed by atoms with E-state index in [2.05, 4.69) is 9.80 Å². The molecule has 0 radical (unpaired) electrons. The van der Waals surface area contributed by atoms with Gasteiger partial charge in [-0.3, -0.25) is 24.2 Å². The third-order valence-electron chi connectivity index (χ3n) is 7.68. The van der Waals surface area contributed by atoms with E-state index in [0.717, 1.165) is 53.7 Å². The SMILES string of the molecule is O=C(COC(=O)c1ccc(N2C(=O)CC(N3CCN(Cc4ccc5c(c4)OCO5)CC3)C2=O)cc1)c1ccc(F)cc1. The normalized spacial score (nSPS) is 18.9. The summed E-state index contributed by atoms with van der Waals surface area (Å²) in [6.45, 7) is 3.32. The molecular formula is C31H28FN3O7. The summed E-state index contributed by atoms with van der Waals surface area (Å²) in [5.74, 6) is -0.746. The molecule has 2 saturated heterocycles. The van der Waals surface area contributed by atoms with E-state index >= 15 is 0 Å². The number of nitrogens with zero attached hydrogens (tertiary/aromatic N) is 3. The number of carbonyl (C=O) groups excluding carboxylic acids is 4. The molecule has 0 aliphatic carbocycles. The quantitative estimate of drug-likeness (QED) is 0.228. The Morgan fingerprint density at radius 2 is 1.55 bits per heavy atom. The van der Waals surface area contributed by atoms with Crippen molar-refractivity contribution in [2.75, 3.05) is 44.5 Å². The lowest BCUT2D eigenvalue weighted by molar-refractivity contribution is -0.123. The molecule has 11 heteroatoms. The Morgan fingerprint density at radius 1 is 0.857 bits per heavy atom. The summed E-state index contributed by atoms with van der Waals surface area (Å²) in [4.78, 5) is 56.4. The maximum atomic E-state index is 13.3. The highest BCUT2D eigenvalue weighted by Crippen LogP contribution is 2.33. The Hall–Kier alpha value is -4.61. The largest absolute Gasteiger partial charge is 0.454 e. The molecular weight excluding hydrogens is 545 g/mol. The number of anilines is 1. The van der Waals surface area contributed by atoms with E-state index in [1.165, 1.54) is 36.4 Å². The van der Waals surface area contributed by atoms with Crippen LogP contribution in [0.5, 0.6) is 11.5 Å². The zero-order valence-corrected chi connectivity index (χ0v) is 22.7. The zero-order valence-electron chi connectivity index (χ0n) is 22.7. The molecule has 0 saturated carbocycles. The van der Waals surface area contributed by atoms with Crippen LogP contribution in [0.2, 0.25) is 0 Å². The summed E-state index contributed by atoms with van der Waals surface area (Å²) in [6.07, 6.45) is 0.0935. The monoisotopic (exact) mass is 573 g/mol. The lowest BCUT2D eigenvalue weighted by atomic mass is 10.1. The molecule has 3 aromatic carbocycles. The maximum Gasteiger partial charge on any atom is 0.338 e. The Bertz CT molecular complexity index is 1520. The van der Waals surface area contributed by atoms with Gasteiger partial charge in [0.1, 0.15) is 5.82 Å². The molecule has 0 spiro atoms. The van der Waals surface area contributed by atoms with Crippen LogP contribution in [-0.2, 0) is 20.9 Å². The number of piperazine rings is 1. The number of imide groups is 1. The van der Waals surface area contributed by atoms with Crippen LogP contribution < -0.4 is 14.4 Å². The molecule has 0 aromatic heterocycles. The minimum Gasteiger partial charge on any atom is -0.454 e. The number of benzene rings is 3. The van der Waals surface area contributed by atoms with Gasteiger partial charge in [-0.2, -0.15) is 0 Å². The number of carbonyl (C=O) groups is 4. The van der Waals surface area contributed by atoms with Gasteiger partial charge in [-0.05, 0) is 66.2 Å². The van der Waals surface area contributed by atoms with Gasteiger partial charge in [0.05, 0.1) is 23.7 Å². The van der Waals surface area contributed by atoms with Gasteiger partial charge in [-0.25, -0.2) is 14.1 Å². The Kier molecular flexibility index (Phi) is 7.68. The van der Waals surface area contributed by atoms with Gasteiger partial charge >= 0.3 is 5.97 Å². The minimum atomic E-state index is -0.729. The van der Waals surface area contributed by atoms with Crippen molar-refractivity contribution in [1.29, 1.82) is 0 Å². The van der Waals surface area contributed by atoms with Crippen LogP contribution in [0, 0.1) is 5.82 Å². The van der Waals surface area contributed by atoms with Crippen LogP contribution in [0.15, 0.2) is 66.7 Å². The Morgan fingerprint density at radius 3 is 2.29 bits per heavy atom. The summed E-state index contributed by atoms with van der Waals surface area (Å²) in [7, 11) is 0. The van der Waals surface area contributed by atoms with Crippen molar-refractivity contribution in [2.45, 2.75) is 19.0 Å². The molecule has 1 unspecified atom stereocenters. The number of ketones is 1. The standard InChI is InChI=1S/C31H28FN3O7/c32-23-6-2-21(3-7-23)26(36)18-40-31(39)22-4-8-24(9-5-22)35-29(37)16-25(30(35)38)34-13-11-33(12-14-34)17-20-1-10-27-28(15-20)42-19-41-27/h1-10,15,25H,11-14,16-19H2. The summed E-state index contributed by atoms with van der Waals surface area (Å²) in [6, 6.07) is 16.3. The molecule has 6 rings (SSSR count). The van der Waals surface area contributed by atoms with Gasteiger partial charge in [-0.15, -0.1) is 0 Å². The molecule has 3 heterocycles. The van der Waals surface area contributed by atoms with E-state index in [-0.39, 0.29) is 36.2 Å². The van der Waals surface area contributed by atoms with Crippen molar-refractivity contribution < 1.29 is 37.8 Å². The third kappa shape index (κ3) is 5.74. The highest BCUT2D eigenvalue weighted by Gasteiger charge is 2.43. The second-order valence-corrected chi connectivity index (χ2v) is 10.3. The zero-order chi connectivity index (χ0) is 29.2. The van der Waals surface area contributed by atoms with E-state index in [4.69, 9.17) is 14.2 Å². The van der Waals surface area contributed by atoms with Crippen molar-refractivity contribution in [3.05, 3.63) is 89.2 Å². The van der Waals surface area contributed by atoms with Gasteiger partial charge in [0, 0.05) is 38.3 Å². The lowest BCUT2D eigenvalue weighted by Gasteiger charge is -2.37. The molecule has 2 fully saturated rings. The topological polar surface area (TPSA) is 106 Å². The number of fused-ring (bicyclic) bond motifs is 1. The van der Waals surface area contributed by atoms with Crippen LogP contribution in [-0.4, -0.2) is 79.0 Å². The first-order valence-electron chi connectivity index (χ1n) is 13.6. The predicted molar refractivity (Wildman–Crippen MR) is 148 cm³/mol. The highest BCUT2D eigenvalue weighted by atomic mass is 19.1. The summed E-state index contributed by atoms with van der Waals surface area (Å²) in [5.41, 5.74) is 1.89. The highest BCUT2D eigenvalue weighted by molar-refractivity contribution is 6.22. The summed E-state index contributed by atoms with van der Waals surface area (Å²) < 4.78 is 29.0. The fraction of sp³-hybridized carbons (Fsp3) is 0.290. The molecule has 3 aromatic rings. The van der Waals surface area contributed by atoms with Crippen LogP contribution in [0.4, 0.5) is 10.1 Å². The van der Waals surface area contributed by atoms with E-state index in [1.807, 2.05) is 18.2 Å². The minimum absolute atomic E-state index is 0.0935. The number of esters is 1. The van der Waals surface area contributed by atoms with Crippen LogP contribution in [0.25, 0.3) is 0 Å². The molecule has 42 heavy (non-hydrogen) atoms. The van der Waals surface area contributed by atoms with Crippen LogP contribution in [0.1, 0.15) is 32.7 Å². The molecule has 0 N–H and O–H groups in total. The Balaban J connectivity index is 1.01. The van der Waals surface area contributed by atoms with Crippen molar-refractivity contribution in [2.24, 2.45) is 0 Å². The van der Waals surface area contributed by atoms with Crippen molar-refractivity contribution in [3.8, 4) is 11.5 Å². The molecule has 216 valence electrons. The van der Waals surface area contributed by atoms with E-state index < -0.39 is 30.2 Å². The molecule has 3 aliphatic rings. The second kappa shape index (κ2) is 11.7. The first-order valence-corrected chi connectivity index (χ1v) is 13.6. The van der Waals surface area contributed by atoms with Gasteiger partial charge in [-0.1, -0.05) is 6.07 Å². The molecule has 2 amide bonds. The first-order chi connectivity index (χ1) is 20.4. The van der Waals surface area contributed by atoms with Gasteiger partial charge < -0.3 is 14.2 Å². The number of hydrogen-bond donors (Lipinski definition) is 0. The first kappa shape index (κ1) is 27.6. The number of rotatable bonds is 8. The molecule has 3 aliphatic heterocycles. The number of hydrogen-bond acceptors (Lipinski definition) is 9. The van der Waals surface area contributed by atoms with Gasteiger partial charge in [0.15, 0.2) is 23.9 Å². The van der Waals surface area contributed by atoms with Crippen molar-refractivity contribution in [1.82, 2.24) is 9.80 Å². The van der Waals surface area contributed by atoms with Crippen molar-refractivity contribution in [3.63, 3.8) is 0 Å². The maximum absolute atomic E-state index is 13.3. The third-order valence-corrected chi connectivity index (χ3v) is 7.68. The van der Waals surface area contributed by atoms with E-state index in [1.54, 1.807) is 0 Å². The molecule has 1 atom stereocenters. The van der Waals surface area contributed by atoms with Gasteiger partial charge in [0.2, 0.25) is 12.7 Å². The number of amides is 2. The van der Waals surface area contributed by atoms with Gasteiger partial charge in [0.25, 0.3) is 5.91 Å². The van der Waals surface area contributed by atoms with Crippen LogP contribution >= 0.6 is 0 Å². The Labute approximate surface area is 241 Å². The van der Waals surface area contributed by atoms with Crippen molar-refractivity contribution >= 4 is 29.3 Å². The fourth-order valence-electron chi connectivity index (χ4n) is 5.38. The number of Topliss-reactive ketones (excluding diaryl/α,β-unsaturated/α-hetero) is 1. The summed E-state index contributed by atoms with van der Waals surface area (Å²) >= 11 is 0. The smallest absolute Gasteiger partial charge is 0.338 e. The summed E-state index contributed by atoms with van der Waals surface area (Å²) in [5, 5.41) is 0. The van der Waals surface area contributed by atoms with Crippen LogP contribution in [0.3, 0.4) is 0 Å². The fourth-order valence-corrected chi connectivity index (χ4v) is 5.38. The average Bonchev–Trinajstić information content (AvgIpc) is 3.59. The number of ether oxygens (including phenoxy) is 3. The van der Waals surface area contributed by atoms with E-state index in [9.17, 15) is 23.6 Å². The second-order valence-electron chi connectivity index (χ2n) is 10.3. The van der Waals surface area contributed by atoms with E-state index in [0.29, 0.717) is 18.8 Å². The predicted octanol–water partition coefficient (Wildman–Crippen LogP) is 3.04. The molecule has 0 bridgehead atoms. The average molecular weight is 574 g/mol. The molecule has 10 nitrogen and oxygen atoms in total.